The van der Waals surface area contributed by atoms with E-state index in [-0.39, 0.29) is 11.4 Å². The highest BCUT2D eigenvalue weighted by molar-refractivity contribution is 8.05. The van der Waals surface area contributed by atoms with Crippen LogP contribution in [0.2, 0.25) is 10.0 Å². The average Bonchev–Trinajstić information content (AvgIpc) is 3.11. The highest BCUT2D eigenvalue weighted by Crippen LogP contribution is 2.39. The number of amides is 1. The Balaban J connectivity index is 1.60. The molecule has 120 valence electrons. The Bertz CT molecular complexity index is 883. The first-order chi connectivity index (χ1) is 11.6. The van der Waals surface area contributed by atoms with Gasteiger partial charge in [0.05, 0.1) is 4.91 Å². The highest BCUT2D eigenvalue weighted by atomic mass is 35.5. The minimum absolute atomic E-state index is 0.120. The summed E-state index contributed by atoms with van der Waals surface area (Å²) < 4.78 is 0. The zero-order valence-electron chi connectivity index (χ0n) is 12.2. The molecule has 2 aromatic carbocycles. The van der Waals surface area contributed by atoms with E-state index in [9.17, 15) is 4.79 Å². The number of hydrazine groups is 1. The molecule has 0 aromatic heterocycles. The smallest absolute Gasteiger partial charge is 0.276 e. The van der Waals surface area contributed by atoms with Crippen LogP contribution in [0.1, 0.15) is 11.1 Å². The summed E-state index contributed by atoms with van der Waals surface area (Å²) in [6, 6.07) is 14.9. The van der Waals surface area contributed by atoms with E-state index in [0.717, 1.165) is 11.1 Å². The summed E-state index contributed by atoms with van der Waals surface area (Å²) in [7, 11) is 0. The maximum absolute atomic E-state index is 12.6. The molecule has 4 rings (SSSR count). The number of nitrogens with one attached hydrogen (secondary N) is 1. The third kappa shape index (κ3) is 2.79. The molecule has 2 aliphatic heterocycles. The number of rotatable bonds is 2. The fourth-order valence-electron chi connectivity index (χ4n) is 2.47. The summed E-state index contributed by atoms with van der Waals surface area (Å²) >= 11 is 13.5. The Morgan fingerprint density at radius 3 is 2.67 bits per heavy atom. The summed E-state index contributed by atoms with van der Waals surface area (Å²) in [5, 5.41) is 2.60. The molecule has 0 saturated carbocycles. The summed E-state index contributed by atoms with van der Waals surface area (Å²) in [5.74, 6) is 0.579. The van der Waals surface area contributed by atoms with Crippen molar-refractivity contribution in [3.05, 3.63) is 74.6 Å². The van der Waals surface area contributed by atoms with E-state index < -0.39 is 0 Å². The van der Waals surface area contributed by atoms with Gasteiger partial charge in [0.15, 0.2) is 5.50 Å². The number of hydrogen-bond acceptors (Lipinski definition) is 4. The molecule has 0 unspecified atom stereocenters. The van der Waals surface area contributed by atoms with Crippen LogP contribution in [0.4, 0.5) is 0 Å². The van der Waals surface area contributed by atoms with Crippen LogP contribution in [-0.4, -0.2) is 22.2 Å². The second-order valence-corrected chi connectivity index (χ2v) is 7.19. The molecule has 2 aliphatic rings. The summed E-state index contributed by atoms with van der Waals surface area (Å²) in [6.45, 7) is 0. The van der Waals surface area contributed by atoms with Gasteiger partial charge in [-0.15, -0.1) is 0 Å². The number of hydrogen-bond donors (Lipinski definition) is 1. The number of amidine groups is 1. The number of carbonyl (C=O) groups excluding carboxylic acids is 1. The molecule has 1 fully saturated rings. The van der Waals surface area contributed by atoms with Gasteiger partial charge in [0, 0.05) is 15.6 Å². The molecule has 0 aliphatic carbocycles. The second kappa shape index (κ2) is 6.16. The van der Waals surface area contributed by atoms with Crippen LogP contribution in [0, 0.1) is 0 Å². The number of nitrogens with zero attached hydrogens (tertiary/aromatic N) is 2. The molecular formula is C17H11Cl2N3OS. The van der Waals surface area contributed by atoms with Gasteiger partial charge in [-0.3, -0.25) is 10.2 Å². The van der Waals surface area contributed by atoms with Crippen molar-refractivity contribution in [2.24, 2.45) is 4.99 Å². The Kier molecular flexibility index (Phi) is 4.00. The summed E-state index contributed by atoms with van der Waals surface area (Å²) in [4.78, 5) is 17.7. The van der Waals surface area contributed by atoms with E-state index >= 15 is 0 Å². The van der Waals surface area contributed by atoms with Gasteiger partial charge in [0.2, 0.25) is 0 Å². The van der Waals surface area contributed by atoms with Crippen LogP contribution >= 0.6 is 35.0 Å². The predicted molar refractivity (Wildman–Crippen MR) is 98.8 cm³/mol. The monoisotopic (exact) mass is 375 g/mol. The van der Waals surface area contributed by atoms with Gasteiger partial charge in [0.1, 0.15) is 5.84 Å². The van der Waals surface area contributed by atoms with Crippen LogP contribution in [0.15, 0.2) is 58.4 Å². The van der Waals surface area contributed by atoms with E-state index in [1.54, 1.807) is 24.3 Å². The maximum atomic E-state index is 12.6. The van der Waals surface area contributed by atoms with Gasteiger partial charge in [-0.05, 0) is 23.8 Å². The number of thioether (sulfide) groups is 1. The lowest BCUT2D eigenvalue weighted by Crippen LogP contribution is -2.40. The van der Waals surface area contributed by atoms with Crippen LogP contribution in [0.5, 0.6) is 0 Å². The standard InChI is InChI=1S/C17H11Cl2N3OS/c18-12-7-6-11(13(19)9-12)8-14-16(23)22-17(24-14)20-15(21-22)10-4-2-1-3-5-10/h1-9,17H,(H,20,21)/b14-8-/t17-/m0/s1. The van der Waals surface area contributed by atoms with Crippen molar-refractivity contribution < 1.29 is 4.79 Å². The molecule has 24 heavy (non-hydrogen) atoms. The Hall–Kier alpha value is -1.95. The molecule has 4 nitrogen and oxygen atoms in total. The zero-order valence-corrected chi connectivity index (χ0v) is 14.6. The zero-order chi connectivity index (χ0) is 16.7. The van der Waals surface area contributed by atoms with Gasteiger partial charge in [-0.1, -0.05) is 71.4 Å². The molecule has 1 saturated heterocycles. The molecule has 2 heterocycles. The Morgan fingerprint density at radius 2 is 1.96 bits per heavy atom. The quantitative estimate of drug-likeness (QED) is 0.801. The number of halogens is 2. The first-order valence-corrected chi connectivity index (χ1v) is 8.82. The van der Waals surface area contributed by atoms with Crippen LogP contribution in [0.3, 0.4) is 0 Å². The van der Waals surface area contributed by atoms with E-state index in [1.165, 1.54) is 16.8 Å². The Labute approximate surface area is 153 Å². The largest absolute Gasteiger partial charge is 0.281 e. The van der Waals surface area contributed by atoms with Gasteiger partial charge in [-0.25, -0.2) is 10.0 Å². The topological polar surface area (TPSA) is 44.7 Å². The summed E-state index contributed by atoms with van der Waals surface area (Å²) in [6.07, 6.45) is 1.77. The SMILES string of the molecule is O=C1/C(=C/c2ccc(Cl)cc2Cl)S[C@H]2N=C(c3ccccc3)NN12. The molecule has 0 bridgehead atoms. The first kappa shape index (κ1) is 15.6. The second-order valence-electron chi connectivity index (χ2n) is 5.25. The van der Waals surface area contributed by atoms with Crippen molar-refractivity contribution in [1.82, 2.24) is 10.4 Å². The van der Waals surface area contributed by atoms with Gasteiger partial charge in [0.25, 0.3) is 5.91 Å². The molecule has 2 aromatic rings. The fourth-order valence-corrected chi connectivity index (χ4v) is 3.97. The lowest BCUT2D eigenvalue weighted by Gasteiger charge is -2.13. The lowest BCUT2D eigenvalue weighted by molar-refractivity contribution is -0.127. The number of benzene rings is 2. The number of fused-ring (bicyclic) bond motifs is 1. The maximum Gasteiger partial charge on any atom is 0.281 e. The summed E-state index contributed by atoms with van der Waals surface area (Å²) in [5.41, 5.74) is 4.48. The average molecular weight is 376 g/mol. The highest BCUT2D eigenvalue weighted by Gasteiger charge is 2.41. The van der Waals surface area contributed by atoms with E-state index in [4.69, 9.17) is 23.2 Å². The number of carbonyl (C=O) groups is 1. The molecule has 1 amide bonds. The van der Waals surface area contributed by atoms with E-state index in [0.29, 0.717) is 20.8 Å². The Morgan fingerprint density at radius 1 is 1.17 bits per heavy atom. The molecule has 0 radical (unpaired) electrons. The van der Waals surface area contributed by atoms with Crippen molar-refractivity contribution in [3.8, 4) is 0 Å². The molecule has 0 spiro atoms. The van der Waals surface area contributed by atoms with Gasteiger partial charge >= 0.3 is 0 Å². The molecule has 1 N–H and O–H groups in total. The first-order valence-electron chi connectivity index (χ1n) is 7.19. The normalized spacial score (nSPS) is 21.0. The minimum Gasteiger partial charge on any atom is -0.276 e. The van der Waals surface area contributed by atoms with Crippen molar-refractivity contribution in [2.75, 3.05) is 0 Å². The molecule has 7 heteroatoms. The fraction of sp³-hybridized carbons (Fsp3) is 0.0588. The number of aliphatic imine (C=N–C) groups is 1. The molecule has 1 atom stereocenters. The predicted octanol–water partition coefficient (Wildman–Crippen LogP) is 4.16. The van der Waals surface area contributed by atoms with Gasteiger partial charge < -0.3 is 0 Å². The van der Waals surface area contributed by atoms with Crippen LogP contribution < -0.4 is 5.43 Å². The minimum atomic E-state index is -0.301. The van der Waals surface area contributed by atoms with E-state index in [1.807, 2.05) is 30.3 Å². The van der Waals surface area contributed by atoms with Crippen LogP contribution in [0.25, 0.3) is 6.08 Å². The van der Waals surface area contributed by atoms with Gasteiger partial charge in [-0.2, -0.15) is 0 Å². The lowest BCUT2D eigenvalue weighted by atomic mass is 10.2. The van der Waals surface area contributed by atoms with Crippen molar-refractivity contribution >= 4 is 52.8 Å². The third-order valence-corrected chi connectivity index (χ3v) is 5.28. The van der Waals surface area contributed by atoms with Crippen molar-refractivity contribution in [1.29, 1.82) is 0 Å². The van der Waals surface area contributed by atoms with E-state index in [2.05, 4.69) is 10.4 Å². The third-order valence-electron chi connectivity index (χ3n) is 3.65. The molecular weight excluding hydrogens is 365 g/mol. The van der Waals surface area contributed by atoms with Crippen LogP contribution in [-0.2, 0) is 4.79 Å². The van der Waals surface area contributed by atoms with Crippen molar-refractivity contribution in [3.63, 3.8) is 0 Å². The van der Waals surface area contributed by atoms with Crippen molar-refractivity contribution in [2.45, 2.75) is 5.50 Å².